The Morgan fingerprint density at radius 3 is 2.42 bits per heavy atom. The van der Waals surface area contributed by atoms with Gasteiger partial charge in [-0.15, -0.1) is 0 Å². The average molecular weight is 290 g/mol. The first-order valence-corrected chi connectivity index (χ1v) is 6.91. The van der Waals surface area contributed by atoms with E-state index in [4.69, 9.17) is 4.74 Å². The Bertz CT molecular complexity index is 509. The van der Waals surface area contributed by atoms with Gasteiger partial charge in [0.1, 0.15) is 22.5 Å². The van der Waals surface area contributed by atoms with Gasteiger partial charge in [0, 0.05) is 0 Å². The van der Waals surface area contributed by atoms with E-state index >= 15 is 0 Å². The van der Waals surface area contributed by atoms with Gasteiger partial charge >= 0.3 is 5.97 Å². The maximum absolute atomic E-state index is 13.5. The van der Waals surface area contributed by atoms with Crippen LogP contribution in [-0.2, 0) is 20.3 Å². The third kappa shape index (κ3) is 4.38. The minimum Gasteiger partial charge on any atom is -0.459 e. The molecule has 0 spiro atoms. The molecule has 0 bridgehead atoms. The van der Waals surface area contributed by atoms with E-state index in [1.807, 2.05) is 0 Å². The zero-order valence-corrected chi connectivity index (χ0v) is 12.0. The number of esters is 1. The van der Waals surface area contributed by atoms with Crippen molar-refractivity contribution < 1.29 is 22.5 Å². The molecule has 0 aromatic heterocycles. The van der Waals surface area contributed by atoms with E-state index in [1.165, 1.54) is 6.92 Å². The summed E-state index contributed by atoms with van der Waals surface area (Å²) in [6, 6.07) is 2.63. The number of carbonyl (C=O) groups is 1. The zero-order chi connectivity index (χ0) is 14.8. The lowest BCUT2D eigenvalue weighted by atomic mass is 10.2. The summed E-state index contributed by atoms with van der Waals surface area (Å²) in [5, 5.41) is -1.07. The highest BCUT2D eigenvalue weighted by Gasteiger charge is 2.28. The van der Waals surface area contributed by atoms with E-state index < -0.39 is 39.3 Å². The molecule has 1 rings (SSSR count). The van der Waals surface area contributed by atoms with Gasteiger partial charge in [0.2, 0.25) is 0 Å². The minimum atomic E-state index is -2.00. The van der Waals surface area contributed by atoms with Crippen molar-refractivity contribution in [3.8, 4) is 0 Å². The van der Waals surface area contributed by atoms with Crippen molar-refractivity contribution in [3.63, 3.8) is 0 Å². The van der Waals surface area contributed by atoms with Crippen LogP contribution in [0, 0.1) is 11.6 Å². The lowest BCUT2D eigenvalue weighted by Crippen LogP contribution is -2.32. The monoisotopic (exact) mass is 290 g/mol. The molecule has 0 radical (unpaired) electrons. The third-order valence-corrected chi connectivity index (χ3v) is 3.75. The lowest BCUT2D eigenvalue weighted by molar-refractivity contribution is -0.153. The molecule has 2 atom stereocenters. The van der Waals surface area contributed by atoms with Crippen LogP contribution in [0.2, 0.25) is 0 Å². The van der Waals surface area contributed by atoms with Crippen LogP contribution >= 0.6 is 0 Å². The second-order valence-corrected chi connectivity index (χ2v) is 6.79. The Balaban J connectivity index is 2.94. The van der Waals surface area contributed by atoms with Gasteiger partial charge < -0.3 is 4.74 Å². The Morgan fingerprint density at radius 2 is 1.89 bits per heavy atom. The first-order valence-electron chi connectivity index (χ1n) is 5.70. The molecular weight excluding hydrogens is 274 g/mol. The quantitative estimate of drug-likeness (QED) is 0.804. The zero-order valence-electron chi connectivity index (χ0n) is 11.2. The smallest absolute Gasteiger partial charge is 0.322 e. The maximum Gasteiger partial charge on any atom is 0.322 e. The second kappa shape index (κ2) is 5.77. The summed E-state index contributed by atoms with van der Waals surface area (Å²) in [4.78, 5) is 11.4. The predicted molar refractivity (Wildman–Crippen MR) is 68.1 cm³/mol. The van der Waals surface area contributed by atoms with E-state index in [2.05, 4.69) is 0 Å². The van der Waals surface area contributed by atoms with Gasteiger partial charge in [-0.3, -0.25) is 9.00 Å². The van der Waals surface area contributed by atoms with Crippen molar-refractivity contribution in [1.82, 2.24) is 0 Å². The van der Waals surface area contributed by atoms with Gasteiger partial charge in [-0.1, -0.05) is 0 Å². The van der Waals surface area contributed by atoms with Crippen LogP contribution in [0.1, 0.15) is 27.7 Å². The van der Waals surface area contributed by atoms with E-state index in [1.54, 1.807) is 20.8 Å². The van der Waals surface area contributed by atoms with Gasteiger partial charge in [0.25, 0.3) is 0 Å². The highest BCUT2D eigenvalue weighted by Crippen LogP contribution is 2.19. The number of halogens is 2. The highest BCUT2D eigenvalue weighted by atomic mass is 32.2. The minimum absolute atomic E-state index is 0.335. The largest absolute Gasteiger partial charge is 0.459 e. The Hall–Kier alpha value is -1.30. The normalized spacial score (nSPS) is 14.8. The third-order valence-electron chi connectivity index (χ3n) is 2.17. The van der Waals surface area contributed by atoms with E-state index in [9.17, 15) is 17.8 Å². The molecule has 0 aliphatic carbocycles. The van der Waals surface area contributed by atoms with Crippen molar-refractivity contribution >= 4 is 16.8 Å². The molecule has 3 nitrogen and oxygen atoms in total. The summed E-state index contributed by atoms with van der Waals surface area (Å²) in [6.45, 7) is 6.37. The first-order chi connectivity index (χ1) is 8.61. The number of rotatable bonds is 3. The molecule has 19 heavy (non-hydrogen) atoms. The van der Waals surface area contributed by atoms with Gasteiger partial charge in [-0.2, -0.15) is 0 Å². The fraction of sp³-hybridized carbons (Fsp3) is 0.462. The highest BCUT2D eigenvalue weighted by molar-refractivity contribution is 7.86. The molecule has 1 aromatic carbocycles. The van der Waals surface area contributed by atoms with Crippen LogP contribution in [0.25, 0.3) is 0 Å². The molecule has 2 unspecified atom stereocenters. The van der Waals surface area contributed by atoms with Crippen LogP contribution in [0.15, 0.2) is 23.1 Å². The molecule has 6 heteroatoms. The molecule has 0 fully saturated rings. The SMILES string of the molecule is CC(C(=O)OC(C)(C)C)S(=O)c1cc(F)ccc1F. The van der Waals surface area contributed by atoms with Crippen molar-refractivity contribution in [2.24, 2.45) is 0 Å². The van der Waals surface area contributed by atoms with Crippen LogP contribution in [0.5, 0.6) is 0 Å². The van der Waals surface area contributed by atoms with Crippen molar-refractivity contribution in [3.05, 3.63) is 29.8 Å². The molecular formula is C13H16F2O3S. The number of hydrogen-bond donors (Lipinski definition) is 0. The summed E-state index contributed by atoms with van der Waals surface area (Å²) in [5.41, 5.74) is -0.726. The average Bonchev–Trinajstić information content (AvgIpc) is 2.28. The topological polar surface area (TPSA) is 43.4 Å². The fourth-order valence-corrected chi connectivity index (χ4v) is 2.39. The van der Waals surface area contributed by atoms with Crippen molar-refractivity contribution in [2.45, 2.75) is 43.4 Å². The molecule has 106 valence electrons. The number of ether oxygens (including phenoxy) is 1. The van der Waals surface area contributed by atoms with Crippen molar-refractivity contribution in [2.75, 3.05) is 0 Å². The second-order valence-electron chi connectivity index (χ2n) is 5.05. The van der Waals surface area contributed by atoms with E-state index in [-0.39, 0.29) is 4.90 Å². The summed E-state index contributed by atoms with van der Waals surface area (Å²) >= 11 is 0. The van der Waals surface area contributed by atoms with Gasteiger partial charge in [0.05, 0.1) is 15.7 Å². The van der Waals surface area contributed by atoms with Crippen LogP contribution in [0.4, 0.5) is 8.78 Å². The van der Waals surface area contributed by atoms with E-state index in [0.717, 1.165) is 18.2 Å². The molecule has 0 amide bonds. The molecule has 0 aliphatic rings. The van der Waals surface area contributed by atoms with Crippen LogP contribution < -0.4 is 0 Å². The Kier molecular flexibility index (Phi) is 4.79. The lowest BCUT2D eigenvalue weighted by Gasteiger charge is -2.22. The summed E-state index contributed by atoms with van der Waals surface area (Å²) in [5.74, 6) is -2.23. The molecule has 0 heterocycles. The summed E-state index contributed by atoms with van der Waals surface area (Å²) in [6.07, 6.45) is 0. The van der Waals surface area contributed by atoms with Crippen LogP contribution in [0.3, 0.4) is 0 Å². The summed E-state index contributed by atoms with van der Waals surface area (Å²) in [7, 11) is -2.00. The van der Waals surface area contributed by atoms with Gasteiger partial charge in [-0.25, -0.2) is 8.78 Å². The van der Waals surface area contributed by atoms with Gasteiger partial charge in [-0.05, 0) is 45.9 Å². The van der Waals surface area contributed by atoms with Gasteiger partial charge in [0.15, 0.2) is 0 Å². The number of benzene rings is 1. The molecule has 0 saturated carbocycles. The molecule has 1 aromatic rings. The summed E-state index contributed by atoms with van der Waals surface area (Å²) < 4.78 is 43.6. The maximum atomic E-state index is 13.5. The van der Waals surface area contributed by atoms with Crippen molar-refractivity contribution in [1.29, 1.82) is 0 Å². The van der Waals surface area contributed by atoms with Crippen LogP contribution in [-0.4, -0.2) is 21.0 Å². The molecule has 0 N–H and O–H groups in total. The number of hydrogen-bond acceptors (Lipinski definition) is 3. The molecule has 0 aliphatic heterocycles. The van der Waals surface area contributed by atoms with E-state index in [0.29, 0.717) is 0 Å². The number of carbonyl (C=O) groups excluding carboxylic acids is 1. The predicted octanol–water partition coefficient (Wildman–Crippen LogP) is 2.80. The fourth-order valence-electron chi connectivity index (χ4n) is 1.29. The first kappa shape index (κ1) is 15.8. The standard InChI is InChI=1S/C13H16F2O3S/c1-8(12(16)18-13(2,3)4)19(17)11-7-9(14)5-6-10(11)15/h5-8H,1-4H3. The Morgan fingerprint density at radius 1 is 1.32 bits per heavy atom. The Labute approximate surface area is 113 Å². The molecule has 0 saturated heterocycles.